The second-order valence-electron chi connectivity index (χ2n) is 10.1. The fourth-order valence-electron chi connectivity index (χ4n) is 3.93. The molecule has 0 radical (unpaired) electrons. The van der Waals surface area contributed by atoms with E-state index in [1.807, 2.05) is 0 Å². The molecule has 2 heterocycles. The molecule has 0 saturated heterocycles. The Morgan fingerprint density at radius 1 is 1.05 bits per heavy atom. The molecule has 1 aliphatic heterocycles. The van der Waals surface area contributed by atoms with Crippen molar-refractivity contribution in [3.8, 4) is 11.5 Å². The molecule has 234 valence electrons. The smallest absolute Gasteiger partial charge is 0.457 e. The maximum atomic E-state index is 13.1. The van der Waals surface area contributed by atoms with Crippen LogP contribution in [0.25, 0.3) is 6.08 Å². The third-order valence-corrected chi connectivity index (χ3v) is 6.31. The Morgan fingerprint density at radius 3 is 2.48 bits per heavy atom. The number of alkyl halides is 6. The van der Waals surface area contributed by atoms with Crippen LogP contribution in [0.1, 0.15) is 31.4 Å². The minimum Gasteiger partial charge on any atom is -0.457 e. The minimum atomic E-state index is -5.16. The molecule has 1 amide bonds. The number of hydrogen-bond donors (Lipinski definition) is 3. The van der Waals surface area contributed by atoms with E-state index in [4.69, 9.17) is 16.3 Å². The van der Waals surface area contributed by atoms with E-state index >= 15 is 0 Å². The van der Waals surface area contributed by atoms with Crippen LogP contribution in [0.4, 0.5) is 43.7 Å². The third kappa shape index (κ3) is 8.30. The number of anilines is 3. The van der Waals surface area contributed by atoms with Gasteiger partial charge in [0.15, 0.2) is 0 Å². The molecule has 0 fully saturated rings. The van der Waals surface area contributed by atoms with Gasteiger partial charge in [0.25, 0.3) is 0 Å². The Hall–Kier alpha value is -4.53. The van der Waals surface area contributed by atoms with Crippen molar-refractivity contribution in [2.75, 3.05) is 23.8 Å². The van der Waals surface area contributed by atoms with Gasteiger partial charge in [0.1, 0.15) is 36.1 Å². The number of benzene rings is 2. The normalized spacial score (nSPS) is 13.5. The summed E-state index contributed by atoms with van der Waals surface area (Å²) in [7, 11) is 0. The van der Waals surface area contributed by atoms with E-state index < -0.39 is 41.9 Å². The van der Waals surface area contributed by atoms with Crippen molar-refractivity contribution in [3.05, 3.63) is 70.5 Å². The van der Waals surface area contributed by atoms with Gasteiger partial charge in [0.05, 0.1) is 21.7 Å². The van der Waals surface area contributed by atoms with Gasteiger partial charge in [-0.25, -0.2) is 14.8 Å². The monoisotopic (exact) mass is 643 g/mol. The highest BCUT2D eigenvalue weighted by Crippen LogP contribution is 2.37. The molecule has 0 atom stereocenters. The fourth-order valence-corrected chi connectivity index (χ4v) is 4.15. The van der Waals surface area contributed by atoms with E-state index in [0.717, 1.165) is 12.1 Å². The lowest BCUT2D eigenvalue weighted by Gasteiger charge is -2.26. The van der Waals surface area contributed by atoms with E-state index in [1.165, 1.54) is 50.5 Å². The molecule has 1 aromatic heterocycles. The highest BCUT2D eigenvalue weighted by Gasteiger charge is 2.42. The van der Waals surface area contributed by atoms with Gasteiger partial charge in [-0.1, -0.05) is 17.7 Å². The summed E-state index contributed by atoms with van der Waals surface area (Å²) in [5.74, 6) is -2.29. The van der Waals surface area contributed by atoms with Gasteiger partial charge in [0, 0.05) is 17.8 Å². The number of hydrogen-bond acceptors (Lipinski definition) is 8. The van der Waals surface area contributed by atoms with E-state index in [1.54, 1.807) is 6.07 Å². The van der Waals surface area contributed by atoms with Crippen LogP contribution in [0.3, 0.4) is 0 Å². The number of esters is 1. The fraction of sp³-hybridized carbons (Fsp3) is 0.286. The van der Waals surface area contributed by atoms with Gasteiger partial charge in [0.2, 0.25) is 5.91 Å². The van der Waals surface area contributed by atoms with Crippen molar-refractivity contribution in [2.24, 2.45) is 0 Å². The second-order valence-corrected chi connectivity index (χ2v) is 10.5. The first-order valence-corrected chi connectivity index (χ1v) is 13.2. The highest BCUT2D eigenvalue weighted by atomic mass is 35.5. The molecule has 3 aromatic rings. The summed E-state index contributed by atoms with van der Waals surface area (Å²) in [6.07, 6.45) is -6.70. The Balaban J connectivity index is 1.51. The third-order valence-electron chi connectivity index (χ3n) is 6.01. The van der Waals surface area contributed by atoms with Gasteiger partial charge in [-0.05, 0) is 62.7 Å². The molecule has 3 N–H and O–H groups in total. The molecule has 0 unspecified atom stereocenters. The minimum absolute atomic E-state index is 0.0627. The van der Waals surface area contributed by atoms with E-state index in [2.05, 4.69) is 30.7 Å². The topological polar surface area (TPSA) is 114 Å². The standard InChI is InChI=1S/C28H24ClF6N5O4/c1-26(2,13-43-25(42)28(33,34)35)40-24(41)15-8-9-36-22-19(10-15)23(38-14-37-22)39-17-6-7-21(20(29)12-17)44-18-5-3-4-16(11-18)27(30,31)32/h3-7,10-12,14H,8-9,13H2,1-2H3,(H,40,41)(H2,36,37,38,39). The number of amides is 1. The lowest BCUT2D eigenvalue weighted by molar-refractivity contribution is -0.201. The second kappa shape index (κ2) is 12.6. The largest absolute Gasteiger partial charge is 0.490 e. The zero-order chi connectivity index (χ0) is 32.3. The quantitative estimate of drug-likeness (QED) is 0.180. The van der Waals surface area contributed by atoms with E-state index in [9.17, 15) is 35.9 Å². The van der Waals surface area contributed by atoms with Crippen LogP contribution in [0.5, 0.6) is 11.5 Å². The van der Waals surface area contributed by atoms with Crippen molar-refractivity contribution in [3.63, 3.8) is 0 Å². The Morgan fingerprint density at radius 2 is 1.80 bits per heavy atom. The molecule has 4 rings (SSSR count). The van der Waals surface area contributed by atoms with Gasteiger partial charge >= 0.3 is 18.3 Å². The molecule has 2 aromatic carbocycles. The van der Waals surface area contributed by atoms with Crippen LogP contribution in [0.15, 0.2) is 54.4 Å². The molecule has 9 nitrogen and oxygen atoms in total. The highest BCUT2D eigenvalue weighted by molar-refractivity contribution is 6.32. The van der Waals surface area contributed by atoms with Crippen LogP contribution in [-0.4, -0.2) is 46.7 Å². The van der Waals surface area contributed by atoms with Gasteiger partial charge in [-0.15, -0.1) is 0 Å². The molecular formula is C28H24ClF6N5O4. The maximum absolute atomic E-state index is 13.1. The molecule has 0 saturated carbocycles. The molecule has 0 aliphatic carbocycles. The van der Waals surface area contributed by atoms with Crippen molar-refractivity contribution in [2.45, 2.75) is 38.2 Å². The van der Waals surface area contributed by atoms with E-state index in [0.29, 0.717) is 23.6 Å². The van der Waals surface area contributed by atoms with Crippen molar-refractivity contribution < 1.29 is 45.4 Å². The van der Waals surface area contributed by atoms with Crippen LogP contribution in [0, 0.1) is 0 Å². The van der Waals surface area contributed by atoms with Crippen molar-refractivity contribution in [1.29, 1.82) is 0 Å². The SMILES string of the molecule is CC(C)(COC(=O)C(F)(F)F)NC(=O)C1=Cc2c(ncnc2Nc2ccc(Oc3cccc(C(F)(F)F)c3)c(Cl)c2)NCC1. The Kier molecular flexibility index (Phi) is 9.27. The zero-order valence-electron chi connectivity index (χ0n) is 23.0. The molecule has 0 spiro atoms. The molecule has 0 bridgehead atoms. The van der Waals surface area contributed by atoms with Crippen LogP contribution >= 0.6 is 11.6 Å². The number of rotatable bonds is 8. The first-order chi connectivity index (χ1) is 20.5. The van der Waals surface area contributed by atoms with Gasteiger partial charge in [-0.2, -0.15) is 26.3 Å². The summed E-state index contributed by atoms with van der Waals surface area (Å²) < 4.78 is 86.5. The summed E-state index contributed by atoms with van der Waals surface area (Å²) in [6.45, 7) is 2.37. The van der Waals surface area contributed by atoms with Crippen LogP contribution in [0.2, 0.25) is 5.02 Å². The first kappa shape index (κ1) is 32.4. The summed E-state index contributed by atoms with van der Waals surface area (Å²) in [4.78, 5) is 32.6. The summed E-state index contributed by atoms with van der Waals surface area (Å²) >= 11 is 6.35. The van der Waals surface area contributed by atoms with Crippen LogP contribution < -0.4 is 20.7 Å². The number of halogens is 7. The number of fused-ring (bicyclic) bond motifs is 1. The predicted molar refractivity (Wildman–Crippen MR) is 149 cm³/mol. The maximum Gasteiger partial charge on any atom is 0.490 e. The number of aromatic nitrogens is 2. The lowest BCUT2D eigenvalue weighted by atomic mass is 10.0. The molecular weight excluding hydrogens is 620 g/mol. The summed E-state index contributed by atoms with van der Waals surface area (Å²) in [5.41, 5.74) is -1.16. The molecule has 44 heavy (non-hydrogen) atoms. The first-order valence-electron chi connectivity index (χ1n) is 12.8. The number of carbonyl (C=O) groups excluding carboxylic acids is 2. The van der Waals surface area contributed by atoms with Crippen molar-refractivity contribution >= 4 is 46.9 Å². The molecule has 16 heteroatoms. The lowest BCUT2D eigenvalue weighted by Crippen LogP contribution is -2.48. The van der Waals surface area contributed by atoms with Gasteiger partial charge in [-0.3, -0.25) is 4.79 Å². The zero-order valence-corrected chi connectivity index (χ0v) is 23.7. The van der Waals surface area contributed by atoms with Crippen molar-refractivity contribution in [1.82, 2.24) is 15.3 Å². The summed E-state index contributed by atoms with van der Waals surface area (Å²) in [5, 5.41) is 8.78. The summed E-state index contributed by atoms with van der Waals surface area (Å²) in [6, 6.07) is 8.80. The number of nitrogens with zero attached hydrogens (tertiary/aromatic N) is 2. The van der Waals surface area contributed by atoms with E-state index in [-0.39, 0.29) is 34.3 Å². The number of carbonyl (C=O) groups is 2. The average Bonchev–Trinajstić information content (AvgIpc) is 3.16. The number of ether oxygens (including phenoxy) is 2. The van der Waals surface area contributed by atoms with Gasteiger partial charge < -0.3 is 25.4 Å². The Labute approximate surface area is 251 Å². The average molecular weight is 644 g/mol. The molecule has 1 aliphatic rings. The Bertz CT molecular complexity index is 1590. The number of nitrogens with one attached hydrogen (secondary N) is 3. The van der Waals surface area contributed by atoms with Crippen LogP contribution in [-0.2, 0) is 20.5 Å². The predicted octanol–water partition coefficient (Wildman–Crippen LogP) is 6.88.